The van der Waals surface area contributed by atoms with E-state index in [-0.39, 0.29) is 11.6 Å². The molecule has 0 N–H and O–H groups in total. The molecule has 0 saturated carbocycles. The Hall–Kier alpha value is -3.63. The third kappa shape index (κ3) is 5.71. The van der Waals surface area contributed by atoms with Crippen molar-refractivity contribution in [2.75, 3.05) is 14.2 Å². The second-order valence-corrected chi connectivity index (χ2v) is 7.02. The van der Waals surface area contributed by atoms with Crippen LogP contribution >= 0.6 is 11.6 Å². The number of hydrogen-bond acceptors (Lipinski definition) is 4. The number of allylic oxidation sites excluding steroid dienone is 2. The van der Waals surface area contributed by atoms with Crippen LogP contribution in [0.3, 0.4) is 0 Å². The van der Waals surface area contributed by atoms with Crippen molar-refractivity contribution in [3.05, 3.63) is 106 Å². The molecule has 156 valence electrons. The van der Waals surface area contributed by atoms with Gasteiger partial charge in [0.05, 0.1) is 24.8 Å². The highest BCUT2D eigenvalue weighted by atomic mass is 35.5. The predicted molar refractivity (Wildman–Crippen MR) is 124 cm³/mol. The average molecular weight is 433 g/mol. The molecule has 0 unspecified atom stereocenters. The molecule has 0 aliphatic heterocycles. The molecule has 0 aromatic heterocycles. The van der Waals surface area contributed by atoms with Gasteiger partial charge in [0.1, 0.15) is 11.5 Å². The quantitative estimate of drug-likeness (QED) is 0.316. The molecule has 0 atom stereocenters. The zero-order chi connectivity index (χ0) is 22.2. The van der Waals surface area contributed by atoms with Gasteiger partial charge in [0, 0.05) is 5.56 Å². The maximum absolute atomic E-state index is 12.6. The fourth-order valence-corrected chi connectivity index (χ4v) is 3.14. The minimum absolute atomic E-state index is 0.160. The van der Waals surface area contributed by atoms with Crippen LogP contribution in [-0.4, -0.2) is 25.8 Å². The van der Waals surface area contributed by atoms with E-state index in [9.17, 15) is 9.59 Å². The summed E-state index contributed by atoms with van der Waals surface area (Å²) < 4.78 is 10.5. The first-order valence-electron chi connectivity index (χ1n) is 9.53. The van der Waals surface area contributed by atoms with Crippen LogP contribution in [0.25, 0.3) is 12.2 Å². The topological polar surface area (TPSA) is 52.6 Å². The Morgan fingerprint density at radius 3 is 1.87 bits per heavy atom. The fraction of sp³-hybridized carbons (Fsp3) is 0.0769. The fourth-order valence-electron chi connectivity index (χ4n) is 2.91. The van der Waals surface area contributed by atoms with Gasteiger partial charge in [-0.05, 0) is 53.6 Å². The summed E-state index contributed by atoms with van der Waals surface area (Å²) >= 11 is 6.06. The summed E-state index contributed by atoms with van der Waals surface area (Å²) in [5.74, 6) is 0.719. The van der Waals surface area contributed by atoms with Gasteiger partial charge in [-0.25, -0.2) is 0 Å². The number of methoxy groups -OCH3 is 2. The van der Waals surface area contributed by atoms with Crippen molar-refractivity contribution in [2.24, 2.45) is 0 Å². The number of rotatable bonds is 8. The predicted octanol–water partition coefficient (Wildman–Crippen LogP) is 6.15. The molecule has 0 amide bonds. The molecular weight excluding hydrogens is 412 g/mol. The van der Waals surface area contributed by atoms with Crippen LogP contribution in [0.5, 0.6) is 11.5 Å². The van der Waals surface area contributed by atoms with E-state index in [0.29, 0.717) is 27.6 Å². The maximum atomic E-state index is 12.6. The average Bonchev–Trinajstić information content (AvgIpc) is 2.81. The third-order valence-corrected chi connectivity index (χ3v) is 4.93. The highest BCUT2D eigenvalue weighted by Gasteiger charge is 2.11. The van der Waals surface area contributed by atoms with Gasteiger partial charge in [-0.2, -0.15) is 0 Å². The normalized spacial score (nSPS) is 11.1. The van der Waals surface area contributed by atoms with Crippen molar-refractivity contribution in [1.82, 2.24) is 0 Å². The molecule has 0 aliphatic rings. The summed E-state index contributed by atoms with van der Waals surface area (Å²) in [4.78, 5) is 24.9. The smallest absolute Gasteiger partial charge is 0.189 e. The molecule has 0 bridgehead atoms. The van der Waals surface area contributed by atoms with Crippen molar-refractivity contribution >= 4 is 35.3 Å². The molecule has 0 radical (unpaired) electrons. The standard InChI is InChI=1S/C26H21ClO4/c1-30-20-13-16-26(31-2)22(17-20)25(29)15-12-19-9-7-18(8-10-19)11-14-24(28)21-5-3-4-6-23(21)27/h3-17H,1-2H3/b14-11+,15-12+. The van der Waals surface area contributed by atoms with Gasteiger partial charge in [0.15, 0.2) is 11.6 Å². The number of ether oxygens (including phenoxy) is 2. The van der Waals surface area contributed by atoms with Gasteiger partial charge in [0.25, 0.3) is 0 Å². The molecule has 31 heavy (non-hydrogen) atoms. The number of carbonyl (C=O) groups excluding carboxylic acids is 2. The van der Waals surface area contributed by atoms with Crippen LogP contribution in [0.1, 0.15) is 31.8 Å². The van der Waals surface area contributed by atoms with Gasteiger partial charge in [-0.15, -0.1) is 0 Å². The minimum atomic E-state index is -0.190. The first kappa shape index (κ1) is 22.1. The summed E-state index contributed by atoms with van der Waals surface area (Å²) in [7, 11) is 3.06. The van der Waals surface area contributed by atoms with Crippen molar-refractivity contribution in [2.45, 2.75) is 0 Å². The van der Waals surface area contributed by atoms with Gasteiger partial charge in [-0.3, -0.25) is 9.59 Å². The first-order chi connectivity index (χ1) is 15.0. The molecule has 0 heterocycles. The Labute approximate surface area is 186 Å². The molecule has 0 saturated heterocycles. The Balaban J connectivity index is 1.69. The van der Waals surface area contributed by atoms with E-state index in [0.717, 1.165) is 11.1 Å². The lowest BCUT2D eigenvalue weighted by Gasteiger charge is -2.07. The van der Waals surface area contributed by atoms with Crippen LogP contribution in [0.4, 0.5) is 0 Å². The lowest BCUT2D eigenvalue weighted by molar-refractivity contribution is 0.103. The van der Waals surface area contributed by atoms with Crippen molar-refractivity contribution in [3.8, 4) is 11.5 Å². The van der Waals surface area contributed by atoms with Gasteiger partial charge in [-0.1, -0.05) is 60.2 Å². The molecule has 3 aromatic rings. The van der Waals surface area contributed by atoms with Crippen LogP contribution < -0.4 is 9.47 Å². The van der Waals surface area contributed by atoms with Gasteiger partial charge in [0.2, 0.25) is 0 Å². The number of hydrogen-bond donors (Lipinski definition) is 0. The van der Waals surface area contributed by atoms with E-state index >= 15 is 0 Å². The molecule has 3 rings (SSSR count). The first-order valence-corrected chi connectivity index (χ1v) is 9.91. The molecule has 0 fully saturated rings. The maximum Gasteiger partial charge on any atom is 0.189 e. The summed E-state index contributed by atoms with van der Waals surface area (Å²) in [6, 6.07) is 19.5. The third-order valence-electron chi connectivity index (χ3n) is 4.60. The van der Waals surface area contributed by atoms with Crippen LogP contribution in [0, 0.1) is 0 Å². The van der Waals surface area contributed by atoms with Crippen LogP contribution in [0.15, 0.2) is 78.9 Å². The zero-order valence-electron chi connectivity index (χ0n) is 17.2. The zero-order valence-corrected chi connectivity index (χ0v) is 17.9. The molecule has 5 heteroatoms. The summed E-state index contributed by atoms with van der Waals surface area (Å²) in [5, 5.41) is 0.426. The second kappa shape index (κ2) is 10.4. The molecule has 4 nitrogen and oxygen atoms in total. The lowest BCUT2D eigenvalue weighted by Crippen LogP contribution is -1.99. The summed E-state index contributed by atoms with van der Waals surface area (Å²) in [6.07, 6.45) is 6.43. The second-order valence-electron chi connectivity index (χ2n) is 6.61. The SMILES string of the molecule is COc1ccc(OC)c(C(=O)/C=C/c2ccc(/C=C/C(=O)c3ccccc3Cl)cc2)c1. The Morgan fingerprint density at radius 1 is 0.742 bits per heavy atom. The van der Waals surface area contributed by atoms with Gasteiger partial charge < -0.3 is 9.47 Å². The highest BCUT2D eigenvalue weighted by Crippen LogP contribution is 2.25. The largest absolute Gasteiger partial charge is 0.497 e. The van der Waals surface area contributed by atoms with Gasteiger partial charge >= 0.3 is 0 Å². The van der Waals surface area contributed by atoms with E-state index < -0.39 is 0 Å². The number of halogens is 1. The van der Waals surface area contributed by atoms with E-state index in [1.807, 2.05) is 24.3 Å². The number of benzene rings is 3. The van der Waals surface area contributed by atoms with E-state index in [1.54, 1.807) is 61.7 Å². The van der Waals surface area contributed by atoms with Crippen molar-refractivity contribution in [3.63, 3.8) is 0 Å². The van der Waals surface area contributed by atoms with Crippen LogP contribution in [-0.2, 0) is 0 Å². The highest BCUT2D eigenvalue weighted by molar-refractivity contribution is 6.34. The van der Waals surface area contributed by atoms with E-state index in [1.165, 1.54) is 19.3 Å². The molecule has 0 spiro atoms. The summed E-state index contributed by atoms with van der Waals surface area (Å²) in [5.41, 5.74) is 2.60. The minimum Gasteiger partial charge on any atom is -0.497 e. The van der Waals surface area contributed by atoms with E-state index in [4.69, 9.17) is 21.1 Å². The number of carbonyl (C=O) groups is 2. The molecular formula is C26H21ClO4. The Morgan fingerprint density at radius 2 is 1.32 bits per heavy atom. The Bertz CT molecular complexity index is 1140. The number of ketones is 2. The molecule has 0 aliphatic carbocycles. The monoisotopic (exact) mass is 432 g/mol. The summed E-state index contributed by atoms with van der Waals surface area (Å²) in [6.45, 7) is 0. The van der Waals surface area contributed by atoms with Crippen molar-refractivity contribution in [1.29, 1.82) is 0 Å². The van der Waals surface area contributed by atoms with Crippen LogP contribution in [0.2, 0.25) is 5.02 Å². The van der Waals surface area contributed by atoms with E-state index in [2.05, 4.69) is 0 Å². The Kier molecular flexibility index (Phi) is 7.41. The van der Waals surface area contributed by atoms with Crippen molar-refractivity contribution < 1.29 is 19.1 Å². The lowest BCUT2D eigenvalue weighted by atomic mass is 10.1. The molecule has 3 aromatic carbocycles.